The molecule has 0 radical (unpaired) electrons. The number of hydrogen-bond acceptors (Lipinski definition) is 4. The topological polar surface area (TPSA) is 52.6 Å². The summed E-state index contributed by atoms with van der Waals surface area (Å²) in [6.07, 6.45) is -0.189. The summed E-state index contributed by atoms with van der Waals surface area (Å²) in [6.45, 7) is 1.35. The van der Waals surface area contributed by atoms with Gasteiger partial charge >= 0.3 is 0 Å². The summed E-state index contributed by atoms with van der Waals surface area (Å²) in [7, 11) is 2.92. The molecule has 4 heteroatoms. The number of methoxy groups -OCH3 is 2. The van der Waals surface area contributed by atoms with Crippen LogP contribution in [0.1, 0.15) is 13.3 Å². The third kappa shape index (κ3) is 1.62. The van der Waals surface area contributed by atoms with Gasteiger partial charge in [0.2, 0.25) is 0 Å². The maximum Gasteiger partial charge on any atom is 0.173 e. The Morgan fingerprint density at radius 1 is 1.46 bits per heavy atom. The van der Waals surface area contributed by atoms with Crippen LogP contribution in [0.5, 0.6) is 0 Å². The predicted molar refractivity (Wildman–Crippen MR) is 45.1 cm³/mol. The predicted octanol–water partition coefficient (Wildman–Crippen LogP) is 0.464. The smallest absolute Gasteiger partial charge is 0.173 e. The standard InChI is InChI=1S/C9H12O4/c1-5(10)8-6(11)4-7(12-2)9(8)13-3/h7H,4H2,1-3H3. The molecule has 0 aromatic heterocycles. The molecule has 1 rings (SSSR count). The highest BCUT2D eigenvalue weighted by Gasteiger charge is 2.35. The summed E-state index contributed by atoms with van der Waals surface area (Å²) in [4.78, 5) is 22.4. The lowest BCUT2D eigenvalue weighted by Gasteiger charge is -2.10. The molecule has 0 saturated carbocycles. The molecule has 0 bridgehead atoms. The molecule has 1 aliphatic carbocycles. The molecule has 0 aromatic rings. The molecule has 13 heavy (non-hydrogen) atoms. The number of hydrogen-bond donors (Lipinski definition) is 0. The second kappa shape index (κ2) is 3.70. The summed E-state index contributed by atoms with van der Waals surface area (Å²) in [5.41, 5.74) is 0.148. The van der Waals surface area contributed by atoms with Crippen molar-refractivity contribution in [1.29, 1.82) is 0 Å². The molecule has 0 N–H and O–H groups in total. The fourth-order valence-electron chi connectivity index (χ4n) is 1.46. The van der Waals surface area contributed by atoms with Gasteiger partial charge < -0.3 is 9.47 Å². The van der Waals surface area contributed by atoms with Crippen LogP contribution >= 0.6 is 0 Å². The maximum atomic E-state index is 11.3. The quantitative estimate of drug-likeness (QED) is 0.598. The molecule has 4 nitrogen and oxygen atoms in total. The van der Waals surface area contributed by atoms with Crippen LogP contribution in [0.2, 0.25) is 0 Å². The molecule has 72 valence electrons. The van der Waals surface area contributed by atoms with Gasteiger partial charge in [0.05, 0.1) is 7.11 Å². The number of ether oxygens (including phenoxy) is 2. The fourth-order valence-corrected chi connectivity index (χ4v) is 1.46. The van der Waals surface area contributed by atoms with Crippen molar-refractivity contribution in [2.24, 2.45) is 0 Å². The highest BCUT2D eigenvalue weighted by molar-refractivity contribution is 6.21. The van der Waals surface area contributed by atoms with Crippen molar-refractivity contribution >= 4 is 11.6 Å². The monoisotopic (exact) mass is 184 g/mol. The van der Waals surface area contributed by atoms with E-state index in [0.29, 0.717) is 5.76 Å². The molecule has 0 aromatic carbocycles. The summed E-state index contributed by atoms with van der Waals surface area (Å²) in [5, 5.41) is 0. The van der Waals surface area contributed by atoms with Gasteiger partial charge in [-0.15, -0.1) is 0 Å². The lowest BCUT2D eigenvalue weighted by atomic mass is 10.1. The van der Waals surface area contributed by atoms with E-state index in [2.05, 4.69) is 0 Å². The van der Waals surface area contributed by atoms with Crippen LogP contribution in [0.3, 0.4) is 0 Å². The normalized spacial score (nSPS) is 22.4. The average molecular weight is 184 g/mol. The Morgan fingerprint density at radius 2 is 2.08 bits per heavy atom. The van der Waals surface area contributed by atoms with E-state index in [9.17, 15) is 9.59 Å². The van der Waals surface area contributed by atoms with E-state index in [4.69, 9.17) is 9.47 Å². The lowest BCUT2D eigenvalue weighted by molar-refractivity contribution is -0.120. The third-order valence-electron chi connectivity index (χ3n) is 2.04. The molecule has 0 fully saturated rings. The van der Waals surface area contributed by atoms with Crippen LogP contribution in [0.15, 0.2) is 11.3 Å². The second-order valence-corrected chi connectivity index (χ2v) is 2.85. The average Bonchev–Trinajstić information content (AvgIpc) is 2.41. The van der Waals surface area contributed by atoms with Crippen molar-refractivity contribution in [3.63, 3.8) is 0 Å². The van der Waals surface area contributed by atoms with Crippen LogP contribution in [-0.4, -0.2) is 31.9 Å². The van der Waals surface area contributed by atoms with Crippen LogP contribution in [0, 0.1) is 0 Å². The van der Waals surface area contributed by atoms with E-state index >= 15 is 0 Å². The molecule has 1 atom stereocenters. The maximum absolute atomic E-state index is 11.3. The number of carbonyl (C=O) groups excluding carboxylic acids is 2. The zero-order chi connectivity index (χ0) is 10.0. The fraction of sp³-hybridized carbons (Fsp3) is 0.556. The Balaban J connectivity index is 3.07. The van der Waals surface area contributed by atoms with Crippen LogP contribution in [-0.2, 0) is 19.1 Å². The molecular formula is C9H12O4. The van der Waals surface area contributed by atoms with Crippen molar-refractivity contribution in [2.45, 2.75) is 19.4 Å². The highest BCUT2D eigenvalue weighted by Crippen LogP contribution is 2.26. The number of carbonyl (C=O) groups is 2. The highest BCUT2D eigenvalue weighted by atomic mass is 16.5. The van der Waals surface area contributed by atoms with Gasteiger partial charge in [0.1, 0.15) is 17.4 Å². The molecule has 1 aliphatic rings. The number of allylic oxidation sites excluding steroid dienone is 1. The Kier molecular flexibility index (Phi) is 2.83. The number of Topliss-reactive ketones (excluding diaryl/α,β-unsaturated/α-hetero) is 2. The van der Waals surface area contributed by atoms with Crippen LogP contribution < -0.4 is 0 Å². The van der Waals surface area contributed by atoms with Gasteiger partial charge in [-0.05, 0) is 6.92 Å². The van der Waals surface area contributed by atoms with E-state index < -0.39 is 6.10 Å². The van der Waals surface area contributed by atoms with Gasteiger partial charge in [0.25, 0.3) is 0 Å². The molecule has 0 aliphatic heterocycles. The van der Waals surface area contributed by atoms with Crippen LogP contribution in [0.25, 0.3) is 0 Å². The van der Waals surface area contributed by atoms with E-state index in [1.54, 1.807) is 0 Å². The lowest BCUT2D eigenvalue weighted by Crippen LogP contribution is -2.11. The SMILES string of the molecule is COC1=C(C(C)=O)C(=O)CC1OC. The third-order valence-corrected chi connectivity index (χ3v) is 2.04. The van der Waals surface area contributed by atoms with Gasteiger partial charge in [-0.25, -0.2) is 0 Å². The summed E-state index contributed by atoms with van der Waals surface area (Å²) >= 11 is 0. The first-order chi connectivity index (χ1) is 6.11. The van der Waals surface area contributed by atoms with Crippen molar-refractivity contribution in [1.82, 2.24) is 0 Å². The minimum absolute atomic E-state index is 0.148. The molecule has 1 unspecified atom stereocenters. The number of ketones is 2. The first-order valence-corrected chi connectivity index (χ1v) is 3.97. The molecule has 0 spiro atoms. The minimum Gasteiger partial charge on any atom is -0.497 e. The summed E-state index contributed by atoms with van der Waals surface area (Å²) in [6, 6.07) is 0. The Bertz CT molecular complexity index is 277. The van der Waals surface area contributed by atoms with Gasteiger partial charge in [0.15, 0.2) is 11.6 Å². The molecule has 0 saturated heterocycles. The minimum atomic E-state index is -0.392. The molecular weight excluding hydrogens is 172 g/mol. The van der Waals surface area contributed by atoms with Gasteiger partial charge in [-0.1, -0.05) is 0 Å². The van der Waals surface area contributed by atoms with Crippen molar-refractivity contribution < 1.29 is 19.1 Å². The Morgan fingerprint density at radius 3 is 2.46 bits per heavy atom. The Hall–Kier alpha value is -1.16. The van der Waals surface area contributed by atoms with E-state index in [0.717, 1.165) is 0 Å². The van der Waals surface area contributed by atoms with Crippen molar-refractivity contribution in [2.75, 3.05) is 14.2 Å². The first-order valence-electron chi connectivity index (χ1n) is 3.97. The van der Waals surface area contributed by atoms with Gasteiger partial charge in [-0.2, -0.15) is 0 Å². The van der Waals surface area contributed by atoms with E-state index in [-0.39, 0.29) is 23.6 Å². The number of rotatable bonds is 3. The largest absolute Gasteiger partial charge is 0.497 e. The van der Waals surface area contributed by atoms with Crippen molar-refractivity contribution in [3.05, 3.63) is 11.3 Å². The van der Waals surface area contributed by atoms with Crippen LogP contribution in [0.4, 0.5) is 0 Å². The zero-order valence-corrected chi connectivity index (χ0v) is 7.92. The van der Waals surface area contributed by atoms with Gasteiger partial charge in [0, 0.05) is 13.5 Å². The Labute approximate surface area is 76.5 Å². The second-order valence-electron chi connectivity index (χ2n) is 2.85. The molecule has 0 amide bonds. The summed E-state index contributed by atoms with van der Waals surface area (Å²) < 4.78 is 9.98. The first kappa shape index (κ1) is 9.92. The molecule has 0 heterocycles. The van der Waals surface area contributed by atoms with E-state index in [1.165, 1.54) is 21.1 Å². The van der Waals surface area contributed by atoms with E-state index in [1.807, 2.05) is 0 Å². The summed E-state index contributed by atoms with van der Waals surface area (Å²) in [5.74, 6) is -0.0994. The van der Waals surface area contributed by atoms with Gasteiger partial charge in [-0.3, -0.25) is 9.59 Å². The zero-order valence-electron chi connectivity index (χ0n) is 7.92. The van der Waals surface area contributed by atoms with Crippen molar-refractivity contribution in [3.8, 4) is 0 Å².